The lowest BCUT2D eigenvalue weighted by molar-refractivity contribution is -0.384. The number of ether oxygens (including phenoxy) is 1. The molecule has 1 atom stereocenters. The Hall–Kier alpha value is -4.66. The summed E-state index contributed by atoms with van der Waals surface area (Å²) in [5.41, 5.74) is 1.87. The van der Waals surface area contributed by atoms with Gasteiger partial charge in [0.15, 0.2) is 0 Å². The number of hydrogen-bond donors (Lipinski definition) is 1. The Morgan fingerprint density at radius 1 is 1.03 bits per heavy atom. The average Bonchev–Trinajstić information content (AvgIpc) is 3.13. The molecule has 1 amide bonds. The third-order valence-corrected chi connectivity index (χ3v) is 5.99. The van der Waals surface area contributed by atoms with Gasteiger partial charge in [0.2, 0.25) is 0 Å². The van der Waals surface area contributed by atoms with Crippen LogP contribution in [0.5, 0.6) is 5.75 Å². The molecule has 1 fully saturated rings. The van der Waals surface area contributed by atoms with E-state index in [0.717, 1.165) is 5.69 Å². The second-order valence-electron chi connectivity index (χ2n) is 9.12. The number of aliphatic hydroxyl groups excluding tert-OH is 1. The Labute approximate surface area is 214 Å². The Kier molecular flexibility index (Phi) is 6.97. The highest BCUT2D eigenvalue weighted by molar-refractivity contribution is 6.51. The van der Waals surface area contributed by atoms with Crippen molar-refractivity contribution in [3.8, 4) is 5.75 Å². The van der Waals surface area contributed by atoms with Crippen LogP contribution in [0, 0.1) is 10.1 Å². The van der Waals surface area contributed by atoms with Gasteiger partial charge in [-0.05, 0) is 67.9 Å². The van der Waals surface area contributed by atoms with Crippen LogP contribution in [0.15, 0.2) is 78.4 Å². The van der Waals surface area contributed by atoms with Gasteiger partial charge in [-0.3, -0.25) is 24.6 Å². The molecule has 1 heterocycles. The molecule has 1 aliphatic rings. The maximum atomic E-state index is 13.4. The predicted molar refractivity (Wildman–Crippen MR) is 141 cm³/mol. The molecule has 9 nitrogen and oxygen atoms in total. The summed E-state index contributed by atoms with van der Waals surface area (Å²) in [7, 11) is 3.79. The van der Waals surface area contributed by atoms with Crippen molar-refractivity contribution in [2.24, 2.45) is 0 Å². The lowest BCUT2D eigenvalue weighted by Gasteiger charge is -2.26. The second kappa shape index (κ2) is 10.1. The Morgan fingerprint density at radius 2 is 1.68 bits per heavy atom. The highest BCUT2D eigenvalue weighted by atomic mass is 16.6. The number of amides is 1. The predicted octanol–water partition coefficient (Wildman–Crippen LogP) is 5.07. The number of nitro groups is 1. The van der Waals surface area contributed by atoms with Crippen LogP contribution in [0.4, 0.5) is 17.1 Å². The highest BCUT2D eigenvalue weighted by Crippen LogP contribution is 2.43. The zero-order chi connectivity index (χ0) is 26.9. The molecule has 1 saturated heterocycles. The minimum absolute atomic E-state index is 0.0969. The summed E-state index contributed by atoms with van der Waals surface area (Å²) in [6.45, 7) is 3.78. The molecule has 3 aromatic carbocycles. The summed E-state index contributed by atoms with van der Waals surface area (Å²) in [4.78, 5) is 40.5. The third-order valence-electron chi connectivity index (χ3n) is 5.99. The fraction of sp³-hybridized carbons (Fsp3) is 0.214. The van der Waals surface area contributed by atoms with Crippen LogP contribution in [-0.2, 0) is 9.59 Å². The van der Waals surface area contributed by atoms with Gasteiger partial charge in [0.05, 0.1) is 22.6 Å². The first-order chi connectivity index (χ1) is 17.6. The van der Waals surface area contributed by atoms with E-state index in [1.807, 2.05) is 45.0 Å². The number of nitrogens with zero attached hydrogens (tertiary/aromatic N) is 3. The Balaban J connectivity index is 1.89. The van der Waals surface area contributed by atoms with Gasteiger partial charge in [0.1, 0.15) is 11.5 Å². The van der Waals surface area contributed by atoms with Gasteiger partial charge in [-0.25, -0.2) is 0 Å². The number of anilines is 2. The van der Waals surface area contributed by atoms with Crippen molar-refractivity contribution in [1.29, 1.82) is 0 Å². The van der Waals surface area contributed by atoms with Crippen molar-refractivity contribution < 1.29 is 24.4 Å². The number of Topliss-reactive ketones (excluding diaryl/α,β-unsaturated/α-hetero) is 1. The van der Waals surface area contributed by atoms with Crippen molar-refractivity contribution >= 4 is 34.5 Å². The lowest BCUT2D eigenvalue weighted by atomic mass is 9.95. The van der Waals surface area contributed by atoms with Crippen LogP contribution in [-0.4, -0.2) is 41.9 Å². The zero-order valence-corrected chi connectivity index (χ0v) is 20.9. The number of ketones is 1. The van der Waals surface area contributed by atoms with Crippen molar-refractivity contribution in [3.63, 3.8) is 0 Å². The third kappa shape index (κ3) is 5.02. The molecule has 0 spiro atoms. The highest BCUT2D eigenvalue weighted by Gasteiger charge is 2.47. The van der Waals surface area contributed by atoms with Gasteiger partial charge in [0.25, 0.3) is 17.4 Å². The number of non-ortho nitro benzene ring substituents is 1. The number of carbonyl (C=O) groups excluding carboxylic acids is 2. The summed E-state index contributed by atoms with van der Waals surface area (Å²) in [6, 6.07) is 18.4. The van der Waals surface area contributed by atoms with Gasteiger partial charge in [-0.1, -0.05) is 12.1 Å². The molecule has 0 bridgehead atoms. The van der Waals surface area contributed by atoms with Gasteiger partial charge < -0.3 is 14.7 Å². The number of hydrogen-bond acceptors (Lipinski definition) is 7. The molecule has 1 N–H and O–H groups in total. The van der Waals surface area contributed by atoms with Crippen molar-refractivity contribution in [2.45, 2.75) is 26.0 Å². The SMILES string of the molecule is CC(C)Oc1cccc(C2/C(=C(\O)c3ccc([N+](=O)[O-])cc3)C(=O)C(=O)N2c2ccc(N(C)C)cc2)c1. The maximum absolute atomic E-state index is 13.4. The van der Waals surface area contributed by atoms with Gasteiger partial charge in [0, 0.05) is 43.2 Å². The zero-order valence-electron chi connectivity index (χ0n) is 20.9. The van der Waals surface area contributed by atoms with E-state index in [1.165, 1.54) is 29.2 Å². The fourth-order valence-electron chi connectivity index (χ4n) is 4.25. The molecule has 0 aliphatic carbocycles. The van der Waals surface area contributed by atoms with E-state index in [2.05, 4.69) is 0 Å². The summed E-state index contributed by atoms with van der Waals surface area (Å²) in [5.74, 6) is -1.51. The second-order valence-corrected chi connectivity index (χ2v) is 9.12. The molecule has 1 unspecified atom stereocenters. The number of nitro benzene ring substituents is 1. The smallest absolute Gasteiger partial charge is 0.300 e. The molecule has 0 radical (unpaired) electrons. The topological polar surface area (TPSA) is 113 Å². The van der Waals surface area contributed by atoms with Crippen LogP contribution in [0.2, 0.25) is 0 Å². The molecule has 37 heavy (non-hydrogen) atoms. The van der Waals surface area contributed by atoms with E-state index in [1.54, 1.807) is 36.4 Å². The molecule has 9 heteroatoms. The fourth-order valence-corrected chi connectivity index (χ4v) is 4.25. The Bertz CT molecular complexity index is 1380. The summed E-state index contributed by atoms with van der Waals surface area (Å²) >= 11 is 0. The van der Waals surface area contributed by atoms with E-state index in [9.17, 15) is 24.8 Å². The molecular weight excluding hydrogens is 474 g/mol. The average molecular weight is 502 g/mol. The maximum Gasteiger partial charge on any atom is 0.300 e. The quantitative estimate of drug-likeness (QED) is 0.158. The van der Waals surface area contributed by atoms with E-state index in [4.69, 9.17) is 4.74 Å². The summed E-state index contributed by atoms with van der Waals surface area (Å²) in [6.07, 6.45) is -0.0969. The van der Waals surface area contributed by atoms with Crippen LogP contribution in [0.3, 0.4) is 0 Å². The largest absolute Gasteiger partial charge is 0.507 e. The molecule has 0 saturated carbocycles. The molecule has 1 aliphatic heterocycles. The van der Waals surface area contributed by atoms with Gasteiger partial charge >= 0.3 is 0 Å². The summed E-state index contributed by atoms with van der Waals surface area (Å²) < 4.78 is 5.83. The number of rotatable bonds is 7. The van der Waals surface area contributed by atoms with Crippen molar-refractivity contribution in [2.75, 3.05) is 23.9 Å². The number of carbonyl (C=O) groups is 2. The van der Waals surface area contributed by atoms with Gasteiger partial charge in [-0.2, -0.15) is 0 Å². The molecule has 4 rings (SSSR count). The van der Waals surface area contributed by atoms with E-state index >= 15 is 0 Å². The van der Waals surface area contributed by atoms with E-state index in [0.29, 0.717) is 17.0 Å². The van der Waals surface area contributed by atoms with Crippen LogP contribution >= 0.6 is 0 Å². The first-order valence-corrected chi connectivity index (χ1v) is 11.7. The van der Waals surface area contributed by atoms with Crippen LogP contribution in [0.25, 0.3) is 5.76 Å². The first kappa shape index (κ1) is 25.4. The normalized spacial score (nSPS) is 16.8. The molecule has 0 aromatic heterocycles. The number of aliphatic hydroxyl groups is 1. The summed E-state index contributed by atoms with van der Waals surface area (Å²) in [5, 5.41) is 22.3. The minimum Gasteiger partial charge on any atom is -0.507 e. The molecule has 190 valence electrons. The van der Waals surface area contributed by atoms with Crippen molar-refractivity contribution in [1.82, 2.24) is 0 Å². The molecular formula is C28H27N3O6. The monoisotopic (exact) mass is 501 g/mol. The van der Waals surface area contributed by atoms with Gasteiger partial charge in [-0.15, -0.1) is 0 Å². The lowest BCUT2D eigenvalue weighted by Crippen LogP contribution is -2.29. The van der Waals surface area contributed by atoms with Crippen LogP contribution in [0.1, 0.15) is 31.0 Å². The number of benzene rings is 3. The van der Waals surface area contributed by atoms with Crippen LogP contribution < -0.4 is 14.5 Å². The molecule has 3 aromatic rings. The van der Waals surface area contributed by atoms with E-state index < -0.39 is 28.4 Å². The van der Waals surface area contributed by atoms with E-state index in [-0.39, 0.29) is 22.9 Å². The first-order valence-electron chi connectivity index (χ1n) is 11.7. The van der Waals surface area contributed by atoms with Crippen molar-refractivity contribution in [3.05, 3.63) is 99.6 Å². The minimum atomic E-state index is -0.948. The Morgan fingerprint density at radius 3 is 2.24 bits per heavy atom. The standard InChI is InChI=1S/C28H27N3O6/c1-17(2)37-23-7-5-6-19(16-23)25-24(26(32)18-8-10-22(11-9-18)31(35)36)27(33)28(34)30(25)21-14-12-20(13-15-21)29(3)4/h5-17,25,32H,1-4H3/b26-24+.